The quantitative estimate of drug-likeness (QED) is 0.741. The molecule has 0 aliphatic rings. The predicted octanol–water partition coefficient (Wildman–Crippen LogP) is 1.07. The zero-order valence-corrected chi connectivity index (χ0v) is 8.33. The minimum absolute atomic E-state index is 0.327. The lowest BCUT2D eigenvalue weighted by Crippen LogP contribution is -2.04. The average Bonchev–Trinajstić information content (AvgIpc) is 2.77. The Bertz CT molecular complexity index is 585. The van der Waals surface area contributed by atoms with Crippen LogP contribution in [0, 0.1) is 22.7 Å². The number of pyridine rings is 1. The van der Waals surface area contributed by atoms with Crippen molar-refractivity contribution in [3.63, 3.8) is 0 Å². The van der Waals surface area contributed by atoms with Gasteiger partial charge in [-0.15, -0.1) is 0 Å². The molecule has 0 radical (unpaired) electrons. The molecule has 0 N–H and O–H groups in total. The topological polar surface area (TPSA) is 78.3 Å². The summed E-state index contributed by atoms with van der Waals surface area (Å²) in [4.78, 5) is 7.84. The van der Waals surface area contributed by atoms with Crippen LogP contribution >= 0.6 is 0 Å². The summed E-state index contributed by atoms with van der Waals surface area (Å²) in [5.74, 6) is 0.327. The largest absolute Gasteiger partial charge is 0.318 e. The number of rotatable bonds is 2. The summed E-state index contributed by atoms with van der Waals surface area (Å²) in [6.07, 6.45) is 4.83. The molecular weight excluding hydrogens is 202 g/mol. The van der Waals surface area contributed by atoms with E-state index in [1.807, 2.05) is 18.2 Å². The molecule has 2 aromatic heterocycles. The number of nitriles is 2. The molecule has 5 heteroatoms. The number of imidazole rings is 1. The van der Waals surface area contributed by atoms with Crippen LogP contribution in [-0.2, 0) is 6.54 Å². The van der Waals surface area contributed by atoms with Crippen LogP contribution in [0.4, 0.5) is 0 Å². The molecule has 16 heavy (non-hydrogen) atoms. The van der Waals surface area contributed by atoms with Gasteiger partial charge < -0.3 is 4.57 Å². The molecule has 0 saturated carbocycles. The molecule has 0 atom stereocenters. The maximum Gasteiger partial charge on any atom is 0.213 e. The third-order valence-corrected chi connectivity index (χ3v) is 2.15. The van der Waals surface area contributed by atoms with Gasteiger partial charge in [-0.2, -0.15) is 10.5 Å². The highest BCUT2D eigenvalue weighted by Crippen LogP contribution is 2.08. The lowest BCUT2D eigenvalue weighted by molar-refractivity contribution is 0.776. The van der Waals surface area contributed by atoms with E-state index in [0.29, 0.717) is 18.1 Å². The Morgan fingerprint density at radius 1 is 1.19 bits per heavy atom. The molecule has 2 aromatic rings. The highest BCUT2D eigenvalue weighted by Gasteiger charge is 2.06. The first-order valence-electron chi connectivity index (χ1n) is 4.60. The average molecular weight is 209 g/mol. The van der Waals surface area contributed by atoms with E-state index in [-0.39, 0.29) is 0 Å². The van der Waals surface area contributed by atoms with Gasteiger partial charge in [0.05, 0.1) is 6.54 Å². The molecule has 0 saturated heterocycles. The smallest absolute Gasteiger partial charge is 0.213 e. The van der Waals surface area contributed by atoms with Gasteiger partial charge in [0.2, 0.25) is 5.82 Å². The molecule has 0 aliphatic carbocycles. The Morgan fingerprint density at radius 2 is 2.06 bits per heavy atom. The zero-order chi connectivity index (χ0) is 11.4. The molecule has 0 unspecified atom stereocenters. The minimum atomic E-state index is 0.327. The van der Waals surface area contributed by atoms with Crippen molar-refractivity contribution >= 4 is 0 Å². The molecule has 0 fully saturated rings. The molecule has 0 aliphatic heterocycles. The van der Waals surface area contributed by atoms with Crippen LogP contribution in [0.1, 0.15) is 17.1 Å². The van der Waals surface area contributed by atoms with Crippen LogP contribution in [0.2, 0.25) is 0 Å². The fourth-order valence-corrected chi connectivity index (χ4v) is 1.40. The molecule has 5 nitrogen and oxygen atoms in total. The van der Waals surface area contributed by atoms with Gasteiger partial charge in [0.25, 0.3) is 0 Å². The van der Waals surface area contributed by atoms with Gasteiger partial charge in [0, 0.05) is 24.2 Å². The van der Waals surface area contributed by atoms with Crippen LogP contribution in [0.25, 0.3) is 0 Å². The number of aromatic nitrogens is 3. The van der Waals surface area contributed by atoms with E-state index in [2.05, 4.69) is 9.97 Å². The van der Waals surface area contributed by atoms with Crippen molar-refractivity contribution in [2.24, 2.45) is 0 Å². The number of hydrogen-bond donors (Lipinski definition) is 0. The van der Waals surface area contributed by atoms with Crippen molar-refractivity contribution in [1.29, 1.82) is 10.5 Å². The highest BCUT2D eigenvalue weighted by molar-refractivity contribution is 5.31. The monoisotopic (exact) mass is 209 g/mol. The minimum Gasteiger partial charge on any atom is -0.318 e. The van der Waals surface area contributed by atoms with Crippen LogP contribution in [-0.4, -0.2) is 14.5 Å². The Balaban J connectivity index is 2.36. The first-order chi connectivity index (χ1) is 7.85. The van der Waals surface area contributed by atoms with Crippen molar-refractivity contribution in [1.82, 2.24) is 14.5 Å². The normalized spacial score (nSPS) is 9.38. The van der Waals surface area contributed by atoms with Gasteiger partial charge >= 0.3 is 0 Å². The maximum atomic E-state index is 8.87. The van der Waals surface area contributed by atoms with Crippen molar-refractivity contribution in [3.8, 4) is 12.1 Å². The number of nitrogens with zero attached hydrogens (tertiary/aromatic N) is 5. The second-order valence-corrected chi connectivity index (χ2v) is 3.11. The van der Waals surface area contributed by atoms with E-state index >= 15 is 0 Å². The molecule has 2 rings (SSSR count). The molecule has 0 amide bonds. The second kappa shape index (κ2) is 4.24. The first kappa shape index (κ1) is 9.88. The number of hydrogen-bond acceptors (Lipinski definition) is 4. The van der Waals surface area contributed by atoms with E-state index in [9.17, 15) is 0 Å². The summed E-state index contributed by atoms with van der Waals surface area (Å²) < 4.78 is 1.68. The molecule has 76 valence electrons. The summed E-state index contributed by atoms with van der Waals surface area (Å²) in [6.45, 7) is 0.430. The third-order valence-electron chi connectivity index (χ3n) is 2.15. The predicted molar refractivity (Wildman–Crippen MR) is 55.0 cm³/mol. The standard InChI is InChI=1S/C11H7N5/c12-6-10-9(2-1-3-14-10)8-16-5-4-15-11(16)7-13/h1-5H,8H2. The van der Waals surface area contributed by atoms with E-state index in [4.69, 9.17) is 10.5 Å². The molecule has 0 bridgehead atoms. The van der Waals surface area contributed by atoms with Gasteiger partial charge in [-0.05, 0) is 6.07 Å². The SMILES string of the molecule is N#Cc1ncccc1Cn1ccnc1C#N. The van der Waals surface area contributed by atoms with Gasteiger partial charge in [-0.3, -0.25) is 0 Å². The van der Waals surface area contributed by atoms with Crippen LogP contribution < -0.4 is 0 Å². The summed E-state index contributed by atoms with van der Waals surface area (Å²) in [5.41, 5.74) is 1.15. The van der Waals surface area contributed by atoms with Crippen molar-refractivity contribution in [2.75, 3.05) is 0 Å². The summed E-state index contributed by atoms with van der Waals surface area (Å²) >= 11 is 0. The van der Waals surface area contributed by atoms with Crippen molar-refractivity contribution < 1.29 is 0 Å². The Morgan fingerprint density at radius 3 is 2.81 bits per heavy atom. The molecule has 2 heterocycles. The second-order valence-electron chi connectivity index (χ2n) is 3.11. The molecule has 0 spiro atoms. The molecular formula is C11H7N5. The highest BCUT2D eigenvalue weighted by atomic mass is 15.1. The third kappa shape index (κ3) is 1.75. The van der Waals surface area contributed by atoms with E-state index in [1.54, 1.807) is 29.2 Å². The van der Waals surface area contributed by atoms with Gasteiger partial charge in [-0.1, -0.05) is 6.07 Å². The fourth-order valence-electron chi connectivity index (χ4n) is 1.40. The van der Waals surface area contributed by atoms with Gasteiger partial charge in [-0.25, -0.2) is 9.97 Å². The first-order valence-corrected chi connectivity index (χ1v) is 4.60. The Kier molecular flexibility index (Phi) is 2.62. The lowest BCUT2D eigenvalue weighted by atomic mass is 10.2. The van der Waals surface area contributed by atoms with Crippen molar-refractivity contribution in [3.05, 3.63) is 47.8 Å². The van der Waals surface area contributed by atoms with E-state index in [0.717, 1.165) is 5.56 Å². The Hall–Kier alpha value is -2.66. The van der Waals surface area contributed by atoms with Crippen molar-refractivity contribution in [2.45, 2.75) is 6.54 Å². The Labute approximate surface area is 92.2 Å². The summed E-state index contributed by atoms with van der Waals surface area (Å²) in [5, 5.41) is 17.7. The van der Waals surface area contributed by atoms with E-state index < -0.39 is 0 Å². The summed E-state index contributed by atoms with van der Waals surface area (Å²) in [7, 11) is 0. The van der Waals surface area contributed by atoms with Gasteiger partial charge in [0.1, 0.15) is 17.8 Å². The lowest BCUT2D eigenvalue weighted by Gasteiger charge is -2.04. The van der Waals surface area contributed by atoms with Crippen LogP contribution in [0.3, 0.4) is 0 Å². The van der Waals surface area contributed by atoms with Crippen LogP contribution in [0.5, 0.6) is 0 Å². The fraction of sp³-hybridized carbons (Fsp3) is 0.0909. The van der Waals surface area contributed by atoms with Gasteiger partial charge in [0.15, 0.2) is 0 Å². The summed E-state index contributed by atoms with van der Waals surface area (Å²) in [6, 6.07) is 7.57. The maximum absolute atomic E-state index is 8.87. The van der Waals surface area contributed by atoms with E-state index in [1.165, 1.54) is 0 Å². The van der Waals surface area contributed by atoms with Crippen LogP contribution in [0.15, 0.2) is 30.7 Å². The zero-order valence-electron chi connectivity index (χ0n) is 8.33. The molecule has 0 aromatic carbocycles.